The Morgan fingerprint density at radius 1 is 1.24 bits per heavy atom. The minimum atomic E-state index is -0.448. The number of thiophene rings is 1. The lowest BCUT2D eigenvalue weighted by Crippen LogP contribution is -2.33. The van der Waals surface area contributed by atoms with Gasteiger partial charge in [0.25, 0.3) is 0 Å². The molecule has 3 rings (SSSR count). The number of nitrogens with one attached hydrogen (secondary N) is 1. The highest BCUT2D eigenvalue weighted by Crippen LogP contribution is 2.34. The maximum absolute atomic E-state index is 10.4. The van der Waals surface area contributed by atoms with Crippen molar-refractivity contribution in [3.63, 3.8) is 0 Å². The molecule has 3 heteroatoms. The van der Waals surface area contributed by atoms with Gasteiger partial charge in [-0.2, -0.15) is 0 Å². The first-order valence-electron chi connectivity index (χ1n) is 5.89. The molecule has 2 N–H and O–H groups in total. The van der Waals surface area contributed by atoms with Crippen molar-refractivity contribution in [1.29, 1.82) is 0 Å². The topological polar surface area (TPSA) is 32.3 Å². The number of rotatable bonds is 2. The highest BCUT2D eigenvalue weighted by atomic mass is 32.1. The summed E-state index contributed by atoms with van der Waals surface area (Å²) >= 11 is 1.61. The molecule has 0 saturated heterocycles. The average Bonchev–Trinajstić information content (AvgIpc) is 2.91. The third kappa shape index (κ3) is 2.02. The summed E-state index contributed by atoms with van der Waals surface area (Å²) in [5.41, 5.74) is 2.59. The summed E-state index contributed by atoms with van der Waals surface area (Å²) in [4.78, 5) is 1.03. The fourth-order valence-corrected chi connectivity index (χ4v) is 3.19. The second-order valence-electron chi connectivity index (χ2n) is 4.34. The Balaban J connectivity index is 1.95. The Morgan fingerprint density at radius 2 is 2.12 bits per heavy atom. The number of aliphatic hydroxyl groups excluding tert-OH is 1. The predicted octanol–water partition coefficient (Wildman–Crippen LogP) is 2.67. The molecule has 0 aliphatic carbocycles. The van der Waals surface area contributed by atoms with Gasteiger partial charge in [-0.25, -0.2) is 0 Å². The number of aliphatic hydroxyl groups is 1. The van der Waals surface area contributed by atoms with E-state index in [1.165, 1.54) is 11.1 Å². The molecule has 0 radical (unpaired) electrons. The van der Waals surface area contributed by atoms with Gasteiger partial charge in [0.2, 0.25) is 0 Å². The van der Waals surface area contributed by atoms with Crippen LogP contribution in [0.3, 0.4) is 0 Å². The second kappa shape index (κ2) is 4.61. The molecule has 2 heterocycles. The van der Waals surface area contributed by atoms with Crippen molar-refractivity contribution in [2.24, 2.45) is 0 Å². The lowest BCUT2D eigenvalue weighted by atomic mass is 9.91. The summed E-state index contributed by atoms with van der Waals surface area (Å²) in [6.07, 6.45) is 0.598. The van der Waals surface area contributed by atoms with Crippen LogP contribution >= 0.6 is 11.3 Å². The minimum Gasteiger partial charge on any atom is -0.386 e. The molecule has 0 amide bonds. The Morgan fingerprint density at radius 3 is 2.94 bits per heavy atom. The summed E-state index contributed by atoms with van der Waals surface area (Å²) in [7, 11) is 0. The van der Waals surface area contributed by atoms with Crippen LogP contribution in [-0.4, -0.2) is 11.7 Å². The van der Waals surface area contributed by atoms with Crippen LogP contribution in [0.2, 0.25) is 0 Å². The molecule has 0 fully saturated rings. The molecule has 2 nitrogen and oxygen atoms in total. The van der Waals surface area contributed by atoms with E-state index in [0.717, 1.165) is 17.8 Å². The Kier molecular flexibility index (Phi) is 2.97. The molecular weight excluding hydrogens is 230 g/mol. The third-order valence-electron chi connectivity index (χ3n) is 3.30. The van der Waals surface area contributed by atoms with Gasteiger partial charge < -0.3 is 10.4 Å². The summed E-state index contributed by atoms with van der Waals surface area (Å²) in [5, 5.41) is 15.9. The molecule has 2 atom stereocenters. The van der Waals surface area contributed by atoms with E-state index in [0.29, 0.717) is 0 Å². The molecule has 1 aromatic heterocycles. The number of fused-ring (bicyclic) bond motifs is 1. The van der Waals surface area contributed by atoms with Gasteiger partial charge in [-0.3, -0.25) is 0 Å². The predicted molar refractivity (Wildman–Crippen MR) is 70.2 cm³/mol. The highest BCUT2D eigenvalue weighted by Gasteiger charge is 2.27. The molecule has 1 aliphatic heterocycles. The molecule has 2 unspecified atom stereocenters. The van der Waals surface area contributed by atoms with Crippen molar-refractivity contribution in [3.8, 4) is 0 Å². The van der Waals surface area contributed by atoms with Gasteiger partial charge in [-0.1, -0.05) is 30.3 Å². The fraction of sp³-hybridized carbons (Fsp3) is 0.286. The van der Waals surface area contributed by atoms with Crippen LogP contribution < -0.4 is 5.32 Å². The molecule has 1 aromatic carbocycles. The minimum absolute atomic E-state index is 0.0265. The Hall–Kier alpha value is -1.16. The molecule has 17 heavy (non-hydrogen) atoms. The van der Waals surface area contributed by atoms with Crippen LogP contribution in [0.5, 0.6) is 0 Å². The molecular formula is C14H15NOS. The fourth-order valence-electron chi connectivity index (χ4n) is 2.44. The molecule has 2 aromatic rings. The van der Waals surface area contributed by atoms with Crippen molar-refractivity contribution >= 4 is 11.3 Å². The first-order valence-corrected chi connectivity index (χ1v) is 6.77. The number of benzene rings is 1. The first-order chi connectivity index (χ1) is 8.36. The lowest BCUT2D eigenvalue weighted by molar-refractivity contribution is 0.129. The summed E-state index contributed by atoms with van der Waals surface area (Å²) in [6, 6.07) is 12.4. The van der Waals surface area contributed by atoms with Crippen molar-refractivity contribution in [2.75, 3.05) is 6.54 Å². The van der Waals surface area contributed by atoms with Gasteiger partial charge in [-0.05, 0) is 35.5 Å². The van der Waals surface area contributed by atoms with E-state index in [1.54, 1.807) is 11.3 Å². The normalized spacial score (nSPS) is 20.9. The lowest BCUT2D eigenvalue weighted by Gasteiger charge is -2.30. The van der Waals surface area contributed by atoms with Crippen molar-refractivity contribution in [3.05, 3.63) is 57.8 Å². The van der Waals surface area contributed by atoms with E-state index in [9.17, 15) is 5.11 Å². The molecule has 0 spiro atoms. The Labute approximate surface area is 105 Å². The standard InChI is InChI=1S/C14H15NOS/c16-14(12-6-3-9-17-12)13-11-5-2-1-4-10(11)7-8-15-13/h1-6,9,13-16H,7-8H2. The van der Waals surface area contributed by atoms with E-state index in [-0.39, 0.29) is 6.04 Å². The maximum atomic E-state index is 10.4. The largest absolute Gasteiger partial charge is 0.386 e. The monoisotopic (exact) mass is 245 g/mol. The second-order valence-corrected chi connectivity index (χ2v) is 5.32. The molecule has 0 saturated carbocycles. The van der Waals surface area contributed by atoms with Crippen LogP contribution in [0.15, 0.2) is 41.8 Å². The average molecular weight is 245 g/mol. The van der Waals surface area contributed by atoms with Crippen LogP contribution in [-0.2, 0) is 6.42 Å². The number of hydrogen-bond donors (Lipinski definition) is 2. The molecule has 0 bridgehead atoms. The van der Waals surface area contributed by atoms with Gasteiger partial charge in [0.1, 0.15) is 6.10 Å². The van der Waals surface area contributed by atoms with Crippen LogP contribution in [0.1, 0.15) is 28.1 Å². The summed E-state index contributed by atoms with van der Waals surface area (Å²) < 4.78 is 0. The van der Waals surface area contributed by atoms with Gasteiger partial charge in [0.05, 0.1) is 6.04 Å². The highest BCUT2D eigenvalue weighted by molar-refractivity contribution is 7.10. The van der Waals surface area contributed by atoms with Crippen molar-refractivity contribution < 1.29 is 5.11 Å². The van der Waals surface area contributed by atoms with Crippen LogP contribution in [0.4, 0.5) is 0 Å². The third-order valence-corrected chi connectivity index (χ3v) is 4.24. The molecule has 88 valence electrons. The summed E-state index contributed by atoms with van der Waals surface area (Å²) in [6.45, 7) is 0.935. The van der Waals surface area contributed by atoms with Gasteiger partial charge >= 0.3 is 0 Å². The quantitative estimate of drug-likeness (QED) is 0.852. The van der Waals surface area contributed by atoms with Gasteiger partial charge in [0.15, 0.2) is 0 Å². The SMILES string of the molecule is OC(c1cccs1)C1NCCc2ccccc21. The van der Waals surface area contributed by atoms with Gasteiger partial charge in [-0.15, -0.1) is 11.3 Å². The zero-order valence-corrected chi connectivity index (χ0v) is 10.3. The number of hydrogen-bond acceptors (Lipinski definition) is 3. The zero-order chi connectivity index (χ0) is 11.7. The van der Waals surface area contributed by atoms with E-state index >= 15 is 0 Å². The van der Waals surface area contributed by atoms with E-state index < -0.39 is 6.10 Å². The zero-order valence-electron chi connectivity index (χ0n) is 9.47. The Bertz CT molecular complexity index is 495. The van der Waals surface area contributed by atoms with E-state index in [1.807, 2.05) is 23.6 Å². The first kappa shape index (κ1) is 11.0. The van der Waals surface area contributed by atoms with Crippen LogP contribution in [0.25, 0.3) is 0 Å². The maximum Gasteiger partial charge on any atom is 0.108 e. The van der Waals surface area contributed by atoms with Crippen molar-refractivity contribution in [2.45, 2.75) is 18.6 Å². The van der Waals surface area contributed by atoms with Crippen LogP contribution in [0, 0.1) is 0 Å². The molecule has 1 aliphatic rings. The summed E-state index contributed by atoms with van der Waals surface area (Å²) in [5.74, 6) is 0. The smallest absolute Gasteiger partial charge is 0.108 e. The van der Waals surface area contributed by atoms with Gasteiger partial charge in [0, 0.05) is 4.88 Å². The van der Waals surface area contributed by atoms with E-state index in [4.69, 9.17) is 0 Å². The van der Waals surface area contributed by atoms with E-state index in [2.05, 4.69) is 23.5 Å². The van der Waals surface area contributed by atoms with Crippen molar-refractivity contribution in [1.82, 2.24) is 5.32 Å².